The Hall–Kier alpha value is -1.10. The smallest absolute Gasteiger partial charge is 0.242 e. The van der Waals surface area contributed by atoms with E-state index < -0.39 is 11.6 Å². The summed E-state index contributed by atoms with van der Waals surface area (Å²) in [4.78, 5) is 23.1. The first kappa shape index (κ1) is 16.3. The zero-order valence-corrected chi connectivity index (χ0v) is 13.4. The third kappa shape index (κ3) is 4.19. The van der Waals surface area contributed by atoms with E-state index in [-0.39, 0.29) is 23.8 Å². The number of rotatable bonds is 3. The Bertz CT molecular complexity index is 406. The van der Waals surface area contributed by atoms with E-state index in [9.17, 15) is 14.7 Å². The summed E-state index contributed by atoms with van der Waals surface area (Å²) in [7, 11) is 0. The molecule has 0 aromatic heterocycles. The Kier molecular flexibility index (Phi) is 4.61. The van der Waals surface area contributed by atoms with Gasteiger partial charge < -0.3 is 15.7 Å². The second-order valence-electron chi connectivity index (χ2n) is 7.74. The van der Waals surface area contributed by atoms with Crippen molar-refractivity contribution in [2.45, 2.75) is 70.9 Å². The fourth-order valence-corrected chi connectivity index (χ4v) is 3.38. The minimum Gasteiger partial charge on any atom is -0.388 e. The quantitative estimate of drug-likeness (QED) is 0.735. The topological polar surface area (TPSA) is 78.4 Å². The van der Waals surface area contributed by atoms with Crippen molar-refractivity contribution in [3.8, 4) is 0 Å². The maximum atomic E-state index is 12.0. The largest absolute Gasteiger partial charge is 0.388 e. The molecule has 0 aromatic carbocycles. The Balaban J connectivity index is 1.78. The molecule has 2 fully saturated rings. The van der Waals surface area contributed by atoms with Gasteiger partial charge in [-0.1, -0.05) is 20.8 Å². The Morgan fingerprint density at radius 3 is 2.43 bits per heavy atom. The standard InChI is InChI=1S/C16H28N2O3/c1-15(2,3)11-6-8-16(21,9-7-11)10-17-14(20)12-4-5-13(19)18-12/h11-12,21H,4-10H2,1-3H3,(H,17,20)(H,18,19)/t11?,12-,16?/m1/s1. The molecule has 1 heterocycles. The van der Waals surface area contributed by atoms with Gasteiger partial charge in [0.1, 0.15) is 6.04 Å². The highest BCUT2D eigenvalue weighted by atomic mass is 16.3. The summed E-state index contributed by atoms with van der Waals surface area (Å²) in [6.07, 6.45) is 4.41. The van der Waals surface area contributed by atoms with Gasteiger partial charge in [-0.15, -0.1) is 0 Å². The van der Waals surface area contributed by atoms with Crippen LogP contribution in [0.4, 0.5) is 0 Å². The van der Waals surface area contributed by atoms with Gasteiger partial charge in [0.25, 0.3) is 0 Å². The van der Waals surface area contributed by atoms with Gasteiger partial charge in [-0.2, -0.15) is 0 Å². The molecule has 1 aliphatic heterocycles. The van der Waals surface area contributed by atoms with E-state index in [0.717, 1.165) is 25.7 Å². The molecule has 0 unspecified atom stereocenters. The van der Waals surface area contributed by atoms with Gasteiger partial charge in [0.2, 0.25) is 11.8 Å². The highest BCUT2D eigenvalue weighted by Crippen LogP contribution is 2.41. The zero-order chi connectivity index (χ0) is 15.7. The number of hydrogen-bond donors (Lipinski definition) is 3. The van der Waals surface area contributed by atoms with E-state index in [1.165, 1.54) is 0 Å². The Morgan fingerprint density at radius 2 is 1.95 bits per heavy atom. The highest BCUT2D eigenvalue weighted by molar-refractivity contribution is 5.90. The average molecular weight is 296 g/mol. The summed E-state index contributed by atoms with van der Waals surface area (Å²) in [5.41, 5.74) is -0.515. The normalized spacial score (nSPS) is 33.6. The van der Waals surface area contributed by atoms with Crippen LogP contribution in [0.1, 0.15) is 59.3 Å². The van der Waals surface area contributed by atoms with Crippen LogP contribution in [0.5, 0.6) is 0 Å². The first-order valence-corrected chi connectivity index (χ1v) is 7.99. The van der Waals surface area contributed by atoms with Gasteiger partial charge in [-0.3, -0.25) is 9.59 Å². The SMILES string of the molecule is CC(C)(C)C1CCC(O)(CNC(=O)[C@H]2CCC(=O)N2)CC1. The molecule has 5 heteroatoms. The Morgan fingerprint density at radius 1 is 1.33 bits per heavy atom. The fraction of sp³-hybridized carbons (Fsp3) is 0.875. The molecule has 0 spiro atoms. The minimum absolute atomic E-state index is 0.0699. The predicted octanol–water partition coefficient (Wildman–Crippen LogP) is 1.35. The molecule has 5 nitrogen and oxygen atoms in total. The van der Waals surface area contributed by atoms with E-state index in [2.05, 4.69) is 31.4 Å². The lowest BCUT2D eigenvalue weighted by Gasteiger charge is -2.41. The predicted molar refractivity (Wildman–Crippen MR) is 80.5 cm³/mol. The molecule has 1 saturated carbocycles. The molecule has 120 valence electrons. The molecule has 1 aliphatic carbocycles. The number of aliphatic hydroxyl groups is 1. The third-order valence-electron chi connectivity index (χ3n) is 5.04. The lowest BCUT2D eigenvalue weighted by atomic mass is 9.68. The lowest BCUT2D eigenvalue weighted by molar-refractivity contribution is -0.127. The molecule has 0 aromatic rings. The second-order valence-corrected chi connectivity index (χ2v) is 7.74. The van der Waals surface area contributed by atoms with E-state index in [4.69, 9.17) is 0 Å². The maximum absolute atomic E-state index is 12.0. The van der Waals surface area contributed by atoms with E-state index in [0.29, 0.717) is 18.8 Å². The summed E-state index contributed by atoms with van der Waals surface area (Å²) >= 11 is 0. The van der Waals surface area contributed by atoms with E-state index in [1.807, 2.05) is 0 Å². The van der Waals surface area contributed by atoms with Gasteiger partial charge in [-0.25, -0.2) is 0 Å². The molecule has 1 atom stereocenters. The number of carbonyl (C=O) groups is 2. The van der Waals surface area contributed by atoms with Gasteiger partial charge in [-0.05, 0) is 43.4 Å². The van der Waals surface area contributed by atoms with Crippen LogP contribution in [0.2, 0.25) is 0 Å². The van der Waals surface area contributed by atoms with Crippen molar-refractivity contribution in [1.82, 2.24) is 10.6 Å². The molecule has 2 rings (SSSR count). The second kappa shape index (κ2) is 5.95. The van der Waals surface area contributed by atoms with Crippen LogP contribution < -0.4 is 10.6 Å². The monoisotopic (exact) mass is 296 g/mol. The average Bonchev–Trinajstić information content (AvgIpc) is 2.82. The van der Waals surface area contributed by atoms with Crippen molar-refractivity contribution in [2.24, 2.45) is 11.3 Å². The van der Waals surface area contributed by atoms with Gasteiger partial charge in [0.05, 0.1) is 5.60 Å². The van der Waals surface area contributed by atoms with E-state index >= 15 is 0 Å². The molecule has 2 aliphatic rings. The molecule has 0 radical (unpaired) electrons. The summed E-state index contributed by atoms with van der Waals surface area (Å²) in [6.45, 7) is 7.01. The summed E-state index contributed by atoms with van der Waals surface area (Å²) in [5, 5.41) is 16.0. The number of amides is 2. The Labute approximate surface area is 126 Å². The summed E-state index contributed by atoms with van der Waals surface area (Å²) in [5.74, 6) is 0.384. The van der Waals surface area contributed by atoms with Crippen LogP contribution in [-0.2, 0) is 9.59 Å². The highest BCUT2D eigenvalue weighted by Gasteiger charge is 2.38. The first-order valence-electron chi connectivity index (χ1n) is 7.99. The van der Waals surface area contributed by atoms with Crippen molar-refractivity contribution in [3.63, 3.8) is 0 Å². The van der Waals surface area contributed by atoms with Crippen molar-refractivity contribution >= 4 is 11.8 Å². The van der Waals surface area contributed by atoms with Crippen molar-refractivity contribution in [1.29, 1.82) is 0 Å². The summed E-state index contributed by atoms with van der Waals surface area (Å²) in [6, 6.07) is -0.424. The lowest BCUT2D eigenvalue weighted by Crippen LogP contribution is -2.50. The number of carbonyl (C=O) groups excluding carboxylic acids is 2. The maximum Gasteiger partial charge on any atom is 0.242 e. The summed E-state index contributed by atoms with van der Waals surface area (Å²) < 4.78 is 0. The van der Waals surface area contributed by atoms with Crippen molar-refractivity contribution < 1.29 is 14.7 Å². The molecule has 21 heavy (non-hydrogen) atoms. The molecule has 2 amide bonds. The van der Waals surface area contributed by atoms with E-state index in [1.54, 1.807) is 0 Å². The van der Waals surface area contributed by atoms with Crippen molar-refractivity contribution in [3.05, 3.63) is 0 Å². The number of nitrogens with one attached hydrogen (secondary N) is 2. The van der Waals surface area contributed by atoms with Crippen LogP contribution in [0, 0.1) is 11.3 Å². The van der Waals surface area contributed by atoms with Crippen LogP contribution >= 0.6 is 0 Å². The molecular formula is C16H28N2O3. The first-order chi connectivity index (χ1) is 9.70. The molecule has 1 saturated heterocycles. The molecule has 0 bridgehead atoms. The third-order valence-corrected chi connectivity index (χ3v) is 5.04. The van der Waals surface area contributed by atoms with Crippen LogP contribution in [-0.4, -0.2) is 35.1 Å². The van der Waals surface area contributed by atoms with Gasteiger partial charge in [0.15, 0.2) is 0 Å². The van der Waals surface area contributed by atoms with Crippen LogP contribution in [0.25, 0.3) is 0 Å². The van der Waals surface area contributed by atoms with Gasteiger partial charge in [0, 0.05) is 13.0 Å². The van der Waals surface area contributed by atoms with Crippen molar-refractivity contribution in [2.75, 3.05) is 6.54 Å². The minimum atomic E-state index is -0.792. The van der Waals surface area contributed by atoms with Crippen LogP contribution in [0.15, 0.2) is 0 Å². The fourth-order valence-electron chi connectivity index (χ4n) is 3.38. The molecular weight excluding hydrogens is 268 g/mol. The zero-order valence-electron chi connectivity index (χ0n) is 13.4. The van der Waals surface area contributed by atoms with Crippen LogP contribution in [0.3, 0.4) is 0 Å². The molecule has 3 N–H and O–H groups in total. The number of hydrogen-bond acceptors (Lipinski definition) is 3. The van der Waals surface area contributed by atoms with Gasteiger partial charge >= 0.3 is 0 Å².